The zero-order valence-electron chi connectivity index (χ0n) is 18.0. The molecule has 1 saturated carbocycles. The van der Waals surface area contributed by atoms with E-state index < -0.39 is 47.1 Å². The first-order valence-corrected chi connectivity index (χ1v) is 11.1. The van der Waals surface area contributed by atoms with Gasteiger partial charge in [-0.25, -0.2) is 18.3 Å². The molecule has 188 valence electrons. The number of likely N-dealkylation sites (tertiary alicyclic amines) is 1. The van der Waals surface area contributed by atoms with Crippen molar-refractivity contribution in [2.45, 2.75) is 49.2 Å². The van der Waals surface area contributed by atoms with Gasteiger partial charge in [0.2, 0.25) is 0 Å². The van der Waals surface area contributed by atoms with E-state index in [-0.39, 0.29) is 60.6 Å². The highest BCUT2D eigenvalue weighted by Gasteiger charge is 2.63. The van der Waals surface area contributed by atoms with Crippen LogP contribution < -0.4 is 11.1 Å². The fourth-order valence-corrected chi connectivity index (χ4v) is 5.06. The first-order valence-electron chi connectivity index (χ1n) is 10.7. The number of alkyl halides is 4. The Hall–Kier alpha value is -3.09. The quantitative estimate of drug-likeness (QED) is 0.579. The Morgan fingerprint density at radius 2 is 2.00 bits per heavy atom. The molecule has 3 heterocycles. The second-order valence-corrected chi connectivity index (χ2v) is 9.40. The molecule has 1 spiro atoms. The van der Waals surface area contributed by atoms with E-state index in [1.165, 1.54) is 17.0 Å². The van der Waals surface area contributed by atoms with Crippen LogP contribution in [0.25, 0.3) is 0 Å². The Morgan fingerprint density at radius 1 is 1.29 bits per heavy atom. The molecule has 2 aliphatic heterocycles. The number of carbonyl (C=O) groups is 2. The molecule has 1 saturated heterocycles. The second kappa shape index (κ2) is 7.70. The summed E-state index contributed by atoms with van der Waals surface area (Å²) in [6.45, 7) is -0.173. The van der Waals surface area contributed by atoms with Crippen LogP contribution in [0.2, 0.25) is 5.02 Å². The van der Waals surface area contributed by atoms with Crippen molar-refractivity contribution < 1.29 is 36.3 Å². The van der Waals surface area contributed by atoms with Crippen molar-refractivity contribution in [3.05, 3.63) is 40.3 Å². The van der Waals surface area contributed by atoms with E-state index in [0.717, 1.165) is 6.20 Å². The molecule has 0 radical (unpaired) electrons. The number of benzene rings is 1. The molecule has 2 amide bonds. The van der Waals surface area contributed by atoms with Crippen molar-refractivity contribution in [3.8, 4) is 0 Å². The van der Waals surface area contributed by atoms with Gasteiger partial charge in [0, 0.05) is 6.54 Å². The molecular formula is C21H19ClF5N5O3. The predicted octanol–water partition coefficient (Wildman–Crippen LogP) is 4.56. The predicted molar refractivity (Wildman–Crippen MR) is 113 cm³/mol. The smallest absolute Gasteiger partial charge is 0.414 e. The molecule has 8 nitrogen and oxygen atoms in total. The van der Waals surface area contributed by atoms with Gasteiger partial charge in [0.25, 0.3) is 5.91 Å². The maximum atomic E-state index is 15.0. The minimum Gasteiger partial charge on any atom is -0.436 e. The number of nitrogens with zero attached hydrogens (tertiary/aromatic N) is 3. The minimum atomic E-state index is -4.98. The Balaban J connectivity index is 1.48. The number of hydrogen-bond donors (Lipinski definition) is 2. The summed E-state index contributed by atoms with van der Waals surface area (Å²) in [5.74, 6) is -2.27. The van der Waals surface area contributed by atoms with Crippen LogP contribution in [0.15, 0.2) is 18.3 Å². The lowest BCUT2D eigenvalue weighted by Gasteiger charge is -2.45. The van der Waals surface area contributed by atoms with Crippen LogP contribution in [-0.4, -0.2) is 51.6 Å². The second-order valence-electron chi connectivity index (χ2n) is 8.99. The van der Waals surface area contributed by atoms with Gasteiger partial charge >= 0.3 is 12.3 Å². The summed E-state index contributed by atoms with van der Waals surface area (Å²) >= 11 is 5.94. The molecule has 2 aromatic rings. The van der Waals surface area contributed by atoms with E-state index in [4.69, 9.17) is 22.1 Å². The fourth-order valence-electron chi connectivity index (χ4n) is 4.90. The van der Waals surface area contributed by atoms with Crippen molar-refractivity contribution in [2.75, 3.05) is 24.1 Å². The normalized spacial score (nSPS) is 23.9. The fraction of sp³-hybridized carbons (Fsp3) is 0.476. The Morgan fingerprint density at radius 3 is 2.66 bits per heavy atom. The van der Waals surface area contributed by atoms with E-state index in [1.807, 2.05) is 0 Å². The van der Waals surface area contributed by atoms with Crippen molar-refractivity contribution in [1.82, 2.24) is 14.7 Å². The first-order chi connectivity index (χ1) is 16.4. The molecule has 1 aromatic heterocycles. The molecule has 1 aromatic carbocycles. The number of carbonyl (C=O) groups excluding carboxylic acids is 2. The molecule has 5 rings (SSSR count). The van der Waals surface area contributed by atoms with E-state index in [9.17, 15) is 27.2 Å². The van der Waals surface area contributed by atoms with Crippen LogP contribution in [0.3, 0.4) is 0 Å². The molecule has 3 N–H and O–H groups in total. The zero-order chi connectivity index (χ0) is 25.3. The maximum absolute atomic E-state index is 15.0. The lowest BCUT2D eigenvalue weighted by atomic mass is 9.83. The summed E-state index contributed by atoms with van der Waals surface area (Å²) < 4.78 is 76.2. The van der Waals surface area contributed by atoms with Crippen LogP contribution >= 0.6 is 11.6 Å². The summed E-state index contributed by atoms with van der Waals surface area (Å²) in [6, 6.07) is 0.0516. The van der Waals surface area contributed by atoms with Gasteiger partial charge in [-0.3, -0.25) is 10.1 Å². The standard InChI is InChI=1S/C21H19ClF5N5O3/c22-11-2-3-12-13(14(11)23)20(35-18(34)30-12)4-1-7-31(9-20)16(33)10-8-29-32(15(10)28)17(21(25,26)27)19(24)5-6-19/h2-3,8,17H,1,4-7,9,28H2,(H,30,34)/t17?,20-/m0/s1. The molecule has 2 fully saturated rings. The van der Waals surface area contributed by atoms with Crippen molar-refractivity contribution >= 4 is 35.1 Å². The largest absolute Gasteiger partial charge is 0.436 e. The molecule has 0 bridgehead atoms. The third-order valence-electron chi connectivity index (χ3n) is 6.65. The number of nitrogens with two attached hydrogens (primary N) is 1. The van der Waals surface area contributed by atoms with Crippen molar-refractivity contribution in [3.63, 3.8) is 0 Å². The number of hydrogen-bond acceptors (Lipinski definition) is 5. The average molecular weight is 520 g/mol. The summed E-state index contributed by atoms with van der Waals surface area (Å²) in [4.78, 5) is 26.7. The Bertz CT molecular complexity index is 1230. The highest BCUT2D eigenvalue weighted by atomic mass is 35.5. The number of nitrogens with one attached hydrogen (secondary N) is 1. The van der Waals surface area contributed by atoms with Gasteiger partial charge in [-0.15, -0.1) is 0 Å². The summed E-state index contributed by atoms with van der Waals surface area (Å²) in [5.41, 5.74) is 1.48. The molecule has 1 aliphatic carbocycles. The number of anilines is 2. The zero-order valence-corrected chi connectivity index (χ0v) is 18.7. The highest BCUT2D eigenvalue weighted by Crippen LogP contribution is 2.55. The Kier molecular flexibility index (Phi) is 5.20. The maximum Gasteiger partial charge on any atom is 0.414 e. The van der Waals surface area contributed by atoms with Crippen LogP contribution in [0.1, 0.15) is 47.6 Å². The Labute approximate surface area is 200 Å². The lowest BCUT2D eigenvalue weighted by Crippen LogP contribution is -2.53. The third-order valence-corrected chi connectivity index (χ3v) is 6.95. The van der Waals surface area contributed by atoms with Gasteiger partial charge in [0.1, 0.15) is 17.1 Å². The van der Waals surface area contributed by atoms with Crippen LogP contribution in [-0.2, 0) is 10.3 Å². The van der Waals surface area contributed by atoms with Gasteiger partial charge in [-0.1, -0.05) is 11.6 Å². The number of fused-ring (bicyclic) bond motifs is 2. The number of aromatic nitrogens is 2. The van der Waals surface area contributed by atoms with Gasteiger partial charge in [0.15, 0.2) is 17.5 Å². The average Bonchev–Trinajstić information content (AvgIpc) is 3.40. The van der Waals surface area contributed by atoms with E-state index in [2.05, 4.69) is 10.4 Å². The van der Waals surface area contributed by atoms with Gasteiger partial charge in [-0.2, -0.15) is 18.3 Å². The van der Waals surface area contributed by atoms with Crippen LogP contribution in [0.5, 0.6) is 0 Å². The van der Waals surface area contributed by atoms with Gasteiger partial charge in [-0.05, 0) is 37.8 Å². The molecule has 35 heavy (non-hydrogen) atoms. The molecular weight excluding hydrogens is 501 g/mol. The van der Waals surface area contributed by atoms with Crippen molar-refractivity contribution in [1.29, 1.82) is 0 Å². The number of amides is 2. The molecule has 3 aliphatic rings. The first kappa shape index (κ1) is 23.6. The minimum absolute atomic E-state index is 0.0315. The monoisotopic (exact) mass is 519 g/mol. The van der Waals surface area contributed by atoms with Crippen LogP contribution in [0, 0.1) is 5.82 Å². The van der Waals surface area contributed by atoms with Crippen LogP contribution in [0.4, 0.5) is 38.3 Å². The SMILES string of the molecule is Nc1c(C(=O)N2CCC[C@@]3(C2)OC(=O)Nc2ccc(Cl)c(F)c23)cnn1C(C(F)(F)F)C1(F)CC1. The number of nitrogen functional groups attached to an aromatic ring is 1. The number of rotatable bonds is 3. The van der Waals surface area contributed by atoms with Crippen molar-refractivity contribution in [2.24, 2.45) is 0 Å². The summed E-state index contributed by atoms with van der Waals surface area (Å²) in [7, 11) is 0. The summed E-state index contributed by atoms with van der Waals surface area (Å²) in [6.07, 6.45) is -5.15. The molecule has 14 heteroatoms. The molecule has 2 atom stereocenters. The summed E-state index contributed by atoms with van der Waals surface area (Å²) in [5, 5.41) is 5.78. The van der Waals surface area contributed by atoms with E-state index in [0.29, 0.717) is 4.68 Å². The topological polar surface area (TPSA) is 102 Å². The third kappa shape index (κ3) is 3.76. The van der Waals surface area contributed by atoms with Gasteiger partial charge in [0.05, 0.1) is 29.0 Å². The van der Waals surface area contributed by atoms with Gasteiger partial charge < -0.3 is 15.4 Å². The van der Waals surface area contributed by atoms with E-state index >= 15 is 4.39 Å². The number of halogens is 6. The van der Waals surface area contributed by atoms with E-state index in [1.54, 1.807) is 0 Å². The lowest BCUT2D eigenvalue weighted by molar-refractivity contribution is -0.189. The molecule has 1 unspecified atom stereocenters. The number of ether oxygens (including phenoxy) is 1. The highest BCUT2D eigenvalue weighted by molar-refractivity contribution is 6.31. The number of piperidine rings is 1.